The zero-order valence-electron chi connectivity index (χ0n) is 13.2. The Morgan fingerprint density at radius 2 is 1.92 bits per heavy atom. The molecule has 1 amide bonds. The molecule has 1 heterocycles. The number of carbonyl (C=O) groups excluding carboxylic acids is 1. The van der Waals surface area contributed by atoms with Gasteiger partial charge in [0.05, 0.1) is 27.6 Å². The highest BCUT2D eigenvalue weighted by Crippen LogP contribution is 2.25. The second-order valence-electron chi connectivity index (χ2n) is 5.29. The van der Waals surface area contributed by atoms with Crippen LogP contribution in [0.25, 0.3) is 5.69 Å². The molecule has 2 rings (SSSR count). The second kappa shape index (κ2) is 7.42. The van der Waals surface area contributed by atoms with Gasteiger partial charge in [0.1, 0.15) is 11.1 Å². The number of nitrogens with one attached hydrogen (secondary N) is 1. The number of hydrogen-bond acceptors (Lipinski definition) is 4. The number of hydrogen-bond donors (Lipinski definition) is 1. The van der Waals surface area contributed by atoms with E-state index in [4.69, 9.17) is 34.8 Å². The Morgan fingerprint density at radius 1 is 1.25 bits per heavy atom. The van der Waals surface area contributed by atoms with Crippen molar-refractivity contribution < 1.29 is 4.79 Å². The lowest BCUT2D eigenvalue weighted by Gasteiger charge is -2.20. The fourth-order valence-corrected chi connectivity index (χ4v) is 2.51. The minimum Gasteiger partial charge on any atom is -0.373 e. The second-order valence-corrected chi connectivity index (χ2v) is 6.48. The largest absolute Gasteiger partial charge is 0.373 e. The van der Waals surface area contributed by atoms with Crippen LogP contribution >= 0.6 is 34.8 Å². The molecule has 1 aromatic carbocycles. The van der Waals surface area contributed by atoms with E-state index in [1.165, 1.54) is 11.1 Å². The van der Waals surface area contributed by atoms with Crippen molar-refractivity contribution >= 4 is 46.4 Å². The number of aromatic nitrogens is 2. The molecule has 24 heavy (non-hydrogen) atoms. The Kier molecular flexibility index (Phi) is 5.74. The summed E-state index contributed by atoms with van der Waals surface area (Å²) < 4.78 is 1.10. The molecule has 0 aliphatic carbocycles. The molecule has 0 aliphatic rings. The first-order valence-electron chi connectivity index (χ1n) is 6.93. The van der Waals surface area contributed by atoms with Crippen LogP contribution < -0.4 is 10.9 Å². The van der Waals surface area contributed by atoms with Gasteiger partial charge >= 0.3 is 0 Å². The summed E-state index contributed by atoms with van der Waals surface area (Å²) in [7, 11) is 3.35. The average molecular weight is 390 g/mol. The molecular weight excluding hydrogens is 375 g/mol. The van der Waals surface area contributed by atoms with E-state index in [0.717, 1.165) is 4.68 Å². The number of amides is 1. The van der Waals surface area contributed by atoms with Crippen LogP contribution in [-0.4, -0.2) is 40.7 Å². The maximum Gasteiger partial charge on any atom is 0.291 e. The van der Waals surface area contributed by atoms with Gasteiger partial charge in [-0.2, -0.15) is 9.78 Å². The Balaban J connectivity index is 2.33. The maximum absolute atomic E-state index is 12.1. The van der Waals surface area contributed by atoms with E-state index < -0.39 is 11.6 Å². The van der Waals surface area contributed by atoms with Gasteiger partial charge < -0.3 is 10.2 Å². The smallest absolute Gasteiger partial charge is 0.291 e. The van der Waals surface area contributed by atoms with E-state index in [9.17, 15) is 9.59 Å². The van der Waals surface area contributed by atoms with E-state index in [1.807, 2.05) is 0 Å². The van der Waals surface area contributed by atoms with E-state index in [-0.39, 0.29) is 16.0 Å². The molecule has 0 saturated carbocycles. The van der Waals surface area contributed by atoms with Gasteiger partial charge in [0.25, 0.3) is 5.56 Å². The monoisotopic (exact) mass is 388 g/mol. The van der Waals surface area contributed by atoms with E-state index >= 15 is 0 Å². The summed E-state index contributed by atoms with van der Waals surface area (Å²) in [6, 6.07) is 4.40. The van der Waals surface area contributed by atoms with Crippen molar-refractivity contribution in [1.82, 2.24) is 14.7 Å². The topological polar surface area (TPSA) is 67.2 Å². The molecule has 2 aromatic rings. The predicted molar refractivity (Wildman–Crippen MR) is 96.6 cm³/mol. The molecule has 9 heteroatoms. The lowest BCUT2D eigenvalue weighted by Crippen LogP contribution is -2.36. The standard InChI is InChI=1S/C15H15Cl3N4O2/c1-8(14(23)21(2)3)20-12-5-4-9(6-10(12)16)22-15(24)13(18)11(17)7-19-22/h4-8,20H,1-3H3/t8-/m0/s1. The molecule has 0 saturated heterocycles. The molecule has 1 N–H and O–H groups in total. The highest BCUT2D eigenvalue weighted by atomic mass is 35.5. The van der Waals surface area contributed by atoms with E-state index in [2.05, 4.69) is 10.4 Å². The van der Waals surface area contributed by atoms with Crippen LogP contribution in [0, 0.1) is 0 Å². The van der Waals surface area contributed by atoms with Gasteiger partial charge in [-0.3, -0.25) is 9.59 Å². The third-order valence-electron chi connectivity index (χ3n) is 3.26. The summed E-state index contributed by atoms with van der Waals surface area (Å²) in [5.41, 5.74) is 0.453. The van der Waals surface area contributed by atoms with Crippen molar-refractivity contribution in [3.63, 3.8) is 0 Å². The van der Waals surface area contributed by atoms with Gasteiger partial charge in [-0.05, 0) is 25.1 Å². The Labute approximate surface area is 153 Å². The van der Waals surface area contributed by atoms with Crippen LogP contribution in [0.2, 0.25) is 15.1 Å². The first-order valence-corrected chi connectivity index (χ1v) is 8.06. The van der Waals surface area contributed by atoms with Gasteiger partial charge in [0.2, 0.25) is 5.91 Å². The third kappa shape index (κ3) is 3.83. The van der Waals surface area contributed by atoms with Crippen molar-refractivity contribution in [3.8, 4) is 5.69 Å². The Hall–Kier alpha value is -1.76. The van der Waals surface area contributed by atoms with Crippen LogP contribution in [0.1, 0.15) is 6.92 Å². The van der Waals surface area contributed by atoms with Crippen molar-refractivity contribution in [1.29, 1.82) is 0 Å². The summed E-state index contributed by atoms with van der Waals surface area (Å²) in [4.78, 5) is 25.5. The van der Waals surface area contributed by atoms with E-state index in [0.29, 0.717) is 16.4 Å². The fourth-order valence-electron chi connectivity index (χ4n) is 2.03. The Bertz CT molecular complexity index is 836. The zero-order valence-corrected chi connectivity index (χ0v) is 15.4. The summed E-state index contributed by atoms with van der Waals surface area (Å²) in [5.74, 6) is -0.0856. The van der Waals surface area contributed by atoms with Crippen molar-refractivity contribution in [2.24, 2.45) is 0 Å². The summed E-state index contributed by atoms with van der Waals surface area (Å²) in [6.45, 7) is 1.73. The number of likely N-dealkylation sites (N-methyl/N-ethyl adjacent to an activating group) is 1. The molecule has 0 spiro atoms. The van der Waals surface area contributed by atoms with Gasteiger partial charge in [-0.15, -0.1) is 0 Å². The lowest BCUT2D eigenvalue weighted by molar-refractivity contribution is -0.129. The van der Waals surface area contributed by atoms with Crippen LogP contribution in [0.4, 0.5) is 5.69 Å². The number of halogens is 3. The van der Waals surface area contributed by atoms with Gasteiger partial charge in [0, 0.05) is 14.1 Å². The molecule has 1 atom stereocenters. The first kappa shape index (κ1) is 18.6. The van der Waals surface area contributed by atoms with Crippen LogP contribution in [0.3, 0.4) is 0 Å². The van der Waals surface area contributed by atoms with Crippen LogP contribution in [0.5, 0.6) is 0 Å². The SMILES string of the molecule is C[C@H](Nc1ccc(-n2ncc(Cl)c(Cl)c2=O)cc1Cl)C(=O)N(C)C. The molecule has 128 valence electrons. The van der Waals surface area contributed by atoms with Gasteiger partial charge in [-0.1, -0.05) is 34.8 Å². The van der Waals surface area contributed by atoms with Gasteiger partial charge in [0.15, 0.2) is 0 Å². The summed E-state index contributed by atoms with van der Waals surface area (Å²) in [6.07, 6.45) is 1.28. The molecule has 0 fully saturated rings. The minimum absolute atomic E-state index is 0.0818. The van der Waals surface area contributed by atoms with Crippen molar-refractivity contribution in [2.75, 3.05) is 19.4 Å². The number of anilines is 1. The normalized spacial score (nSPS) is 11.9. The van der Waals surface area contributed by atoms with E-state index in [1.54, 1.807) is 39.2 Å². The molecule has 0 bridgehead atoms. The fraction of sp³-hybridized carbons (Fsp3) is 0.267. The molecule has 1 aromatic heterocycles. The van der Waals surface area contributed by atoms with Crippen molar-refractivity contribution in [2.45, 2.75) is 13.0 Å². The average Bonchev–Trinajstić information content (AvgIpc) is 2.53. The molecule has 6 nitrogen and oxygen atoms in total. The highest BCUT2D eigenvalue weighted by molar-refractivity contribution is 6.41. The summed E-state index contributed by atoms with van der Waals surface area (Å²) >= 11 is 17.8. The predicted octanol–water partition coefficient (Wildman–Crippen LogP) is 3.08. The summed E-state index contributed by atoms with van der Waals surface area (Å²) in [5, 5.41) is 7.27. The highest BCUT2D eigenvalue weighted by Gasteiger charge is 2.16. The van der Waals surface area contributed by atoms with Crippen LogP contribution in [-0.2, 0) is 4.79 Å². The third-order valence-corrected chi connectivity index (χ3v) is 4.32. The van der Waals surface area contributed by atoms with Crippen LogP contribution in [0.15, 0.2) is 29.2 Å². The first-order chi connectivity index (χ1) is 11.2. The zero-order chi connectivity index (χ0) is 18.0. The molecule has 0 radical (unpaired) electrons. The number of carbonyl (C=O) groups is 1. The maximum atomic E-state index is 12.1. The molecule has 0 unspecified atom stereocenters. The van der Waals surface area contributed by atoms with Gasteiger partial charge in [-0.25, -0.2) is 0 Å². The number of rotatable bonds is 4. The van der Waals surface area contributed by atoms with Crippen molar-refractivity contribution in [3.05, 3.63) is 49.8 Å². The molecular formula is C15H15Cl3N4O2. The molecule has 0 aliphatic heterocycles. The Morgan fingerprint density at radius 3 is 2.50 bits per heavy atom. The lowest BCUT2D eigenvalue weighted by atomic mass is 10.2. The minimum atomic E-state index is -0.544. The quantitative estimate of drug-likeness (QED) is 0.872. The number of benzene rings is 1. The number of nitrogens with zero attached hydrogens (tertiary/aromatic N) is 3.